The van der Waals surface area contributed by atoms with Gasteiger partial charge in [-0.05, 0) is 82.3 Å². The van der Waals surface area contributed by atoms with Crippen molar-refractivity contribution in [3.05, 3.63) is 54.1 Å². The Morgan fingerprint density at radius 1 is 0.745 bits per heavy atom. The first kappa shape index (κ1) is 32.6. The van der Waals surface area contributed by atoms with Crippen LogP contribution in [0, 0.1) is 0 Å². The van der Waals surface area contributed by atoms with E-state index in [2.05, 4.69) is 46.2 Å². The van der Waals surface area contributed by atoms with Crippen LogP contribution in [0.3, 0.4) is 0 Å². The fourth-order valence-electron chi connectivity index (χ4n) is 6.07. The number of anilines is 4. The van der Waals surface area contributed by atoms with Crippen molar-refractivity contribution in [1.82, 2.24) is 24.8 Å². The van der Waals surface area contributed by atoms with E-state index in [0.29, 0.717) is 73.2 Å². The Hall–Kier alpha value is -4.33. The van der Waals surface area contributed by atoms with E-state index in [0.717, 1.165) is 57.7 Å². The van der Waals surface area contributed by atoms with Gasteiger partial charge in [-0.2, -0.15) is 15.0 Å². The zero-order valence-corrected chi connectivity index (χ0v) is 27.5. The van der Waals surface area contributed by atoms with Crippen LogP contribution in [0.25, 0.3) is 11.4 Å². The number of hydrogen-bond donors (Lipinski definition) is 2. The molecule has 2 N–H and O–H groups in total. The van der Waals surface area contributed by atoms with Gasteiger partial charge in [0.25, 0.3) is 5.91 Å². The standard InChI is InChI=1S/C34H45N9O4/c1-24(2)40(3)29-12-14-41(15-13-29)31(44)26-6-10-28(11-7-26)36-34(45)35-27-8-4-25(5-9-27)30-37-32(42-16-20-46-21-17-42)39-33(38-30)43-18-22-47-23-19-43/h4-11,24,29H,12-23H2,1-3H3,(H2,35,36,45). The molecule has 3 saturated heterocycles. The van der Waals surface area contributed by atoms with E-state index in [4.69, 9.17) is 24.4 Å². The Bertz CT molecular complexity index is 1460. The number of likely N-dealkylation sites (tertiary alicyclic amines) is 1. The molecule has 6 rings (SSSR count). The Balaban J connectivity index is 1.06. The number of piperidine rings is 1. The highest BCUT2D eigenvalue weighted by Gasteiger charge is 2.27. The van der Waals surface area contributed by atoms with Crippen LogP contribution in [0.4, 0.5) is 28.1 Å². The summed E-state index contributed by atoms with van der Waals surface area (Å²) in [6.45, 7) is 11.3. The lowest BCUT2D eigenvalue weighted by Crippen LogP contribution is -2.47. The lowest BCUT2D eigenvalue weighted by molar-refractivity contribution is 0.0617. The number of aromatic nitrogens is 3. The van der Waals surface area contributed by atoms with Crippen LogP contribution in [0.2, 0.25) is 0 Å². The quantitative estimate of drug-likeness (QED) is 0.374. The molecule has 13 heteroatoms. The highest BCUT2D eigenvalue weighted by molar-refractivity contribution is 6.00. The zero-order valence-electron chi connectivity index (χ0n) is 27.5. The summed E-state index contributed by atoms with van der Waals surface area (Å²) in [6.07, 6.45) is 1.95. The third-order valence-corrected chi connectivity index (χ3v) is 9.13. The fraction of sp³-hybridized carbons (Fsp3) is 0.500. The summed E-state index contributed by atoms with van der Waals surface area (Å²) in [4.78, 5) is 48.8. The highest BCUT2D eigenvalue weighted by atomic mass is 16.5. The molecule has 0 unspecified atom stereocenters. The van der Waals surface area contributed by atoms with Crippen molar-refractivity contribution in [2.75, 3.05) is 93.2 Å². The summed E-state index contributed by atoms with van der Waals surface area (Å²) in [5.41, 5.74) is 2.66. The molecule has 0 saturated carbocycles. The molecule has 0 atom stereocenters. The first-order valence-corrected chi connectivity index (χ1v) is 16.6. The molecule has 4 heterocycles. The van der Waals surface area contributed by atoms with Crippen molar-refractivity contribution in [3.63, 3.8) is 0 Å². The van der Waals surface area contributed by atoms with Gasteiger partial charge >= 0.3 is 6.03 Å². The second kappa shape index (κ2) is 15.1. The van der Waals surface area contributed by atoms with E-state index in [9.17, 15) is 9.59 Å². The molecule has 0 bridgehead atoms. The van der Waals surface area contributed by atoms with E-state index < -0.39 is 0 Å². The Morgan fingerprint density at radius 2 is 1.23 bits per heavy atom. The van der Waals surface area contributed by atoms with Gasteiger partial charge in [-0.15, -0.1) is 0 Å². The Labute approximate surface area is 276 Å². The SMILES string of the molecule is CC(C)N(C)C1CCN(C(=O)c2ccc(NC(=O)Nc3ccc(-c4nc(N5CCOCC5)nc(N5CCOCC5)n4)cc3)cc2)CC1. The number of nitrogens with one attached hydrogen (secondary N) is 2. The lowest BCUT2D eigenvalue weighted by Gasteiger charge is -2.38. The smallest absolute Gasteiger partial charge is 0.323 e. The largest absolute Gasteiger partial charge is 0.378 e. The third kappa shape index (κ3) is 8.16. The second-order valence-corrected chi connectivity index (χ2v) is 12.5. The van der Waals surface area contributed by atoms with Gasteiger partial charge in [0, 0.05) is 73.9 Å². The Kier molecular flexibility index (Phi) is 10.4. The van der Waals surface area contributed by atoms with E-state index >= 15 is 0 Å². The average molecular weight is 644 g/mol. The predicted molar refractivity (Wildman–Crippen MR) is 182 cm³/mol. The first-order chi connectivity index (χ1) is 22.8. The van der Waals surface area contributed by atoms with Gasteiger partial charge < -0.3 is 39.7 Å². The number of benzene rings is 2. The van der Waals surface area contributed by atoms with Gasteiger partial charge in [0.1, 0.15) is 0 Å². The number of amides is 3. The number of urea groups is 1. The summed E-state index contributed by atoms with van der Waals surface area (Å²) in [5.74, 6) is 1.86. The lowest BCUT2D eigenvalue weighted by atomic mass is 10.0. The van der Waals surface area contributed by atoms with Crippen molar-refractivity contribution < 1.29 is 19.1 Å². The molecular formula is C34H45N9O4. The van der Waals surface area contributed by atoms with Gasteiger partial charge in [-0.3, -0.25) is 4.79 Å². The molecule has 3 aliphatic rings. The highest BCUT2D eigenvalue weighted by Crippen LogP contribution is 2.25. The number of hydrogen-bond acceptors (Lipinski definition) is 10. The van der Waals surface area contributed by atoms with E-state index in [1.807, 2.05) is 29.2 Å². The summed E-state index contributed by atoms with van der Waals surface area (Å²) >= 11 is 0. The van der Waals surface area contributed by atoms with Gasteiger partial charge in [0.05, 0.1) is 26.4 Å². The van der Waals surface area contributed by atoms with Crippen LogP contribution in [0.15, 0.2) is 48.5 Å². The number of carbonyl (C=O) groups excluding carboxylic acids is 2. The maximum absolute atomic E-state index is 13.1. The summed E-state index contributed by atoms with van der Waals surface area (Å²) in [7, 11) is 2.16. The number of morpholine rings is 2. The average Bonchev–Trinajstić information content (AvgIpc) is 3.12. The number of carbonyl (C=O) groups is 2. The summed E-state index contributed by atoms with van der Waals surface area (Å²) < 4.78 is 11.0. The normalized spacial score (nSPS) is 17.7. The molecule has 13 nitrogen and oxygen atoms in total. The van der Waals surface area contributed by atoms with E-state index in [-0.39, 0.29) is 11.9 Å². The third-order valence-electron chi connectivity index (χ3n) is 9.13. The van der Waals surface area contributed by atoms with Crippen LogP contribution in [-0.2, 0) is 9.47 Å². The van der Waals surface area contributed by atoms with E-state index in [1.165, 1.54) is 0 Å². The molecule has 2 aromatic carbocycles. The molecule has 250 valence electrons. The number of ether oxygens (including phenoxy) is 2. The zero-order chi connectivity index (χ0) is 32.8. The Morgan fingerprint density at radius 3 is 1.72 bits per heavy atom. The maximum Gasteiger partial charge on any atom is 0.323 e. The molecule has 3 aliphatic heterocycles. The predicted octanol–water partition coefficient (Wildman–Crippen LogP) is 3.80. The maximum atomic E-state index is 13.1. The summed E-state index contributed by atoms with van der Waals surface area (Å²) in [5, 5.41) is 5.73. The van der Waals surface area contributed by atoms with Gasteiger partial charge in [-0.25, -0.2) is 4.79 Å². The van der Waals surface area contributed by atoms with Crippen molar-refractivity contribution in [3.8, 4) is 11.4 Å². The van der Waals surface area contributed by atoms with E-state index in [1.54, 1.807) is 24.3 Å². The molecule has 0 radical (unpaired) electrons. The molecule has 3 aromatic rings. The topological polar surface area (TPSA) is 128 Å². The minimum Gasteiger partial charge on any atom is -0.378 e. The second-order valence-electron chi connectivity index (χ2n) is 12.5. The van der Waals surface area contributed by atoms with Crippen molar-refractivity contribution >= 4 is 35.2 Å². The van der Waals surface area contributed by atoms with Crippen molar-refractivity contribution in [1.29, 1.82) is 0 Å². The van der Waals surface area contributed by atoms with Crippen LogP contribution in [0.5, 0.6) is 0 Å². The molecule has 47 heavy (non-hydrogen) atoms. The van der Waals surface area contributed by atoms with Gasteiger partial charge in [0.2, 0.25) is 11.9 Å². The number of nitrogens with zero attached hydrogens (tertiary/aromatic N) is 7. The number of rotatable bonds is 8. The molecule has 0 aliphatic carbocycles. The monoisotopic (exact) mass is 643 g/mol. The van der Waals surface area contributed by atoms with Crippen LogP contribution >= 0.6 is 0 Å². The molecule has 3 amide bonds. The first-order valence-electron chi connectivity index (χ1n) is 16.6. The molecule has 1 aromatic heterocycles. The van der Waals surface area contributed by atoms with Crippen LogP contribution < -0.4 is 20.4 Å². The van der Waals surface area contributed by atoms with Gasteiger partial charge in [-0.1, -0.05) is 0 Å². The van der Waals surface area contributed by atoms with Crippen LogP contribution in [0.1, 0.15) is 37.0 Å². The minimum absolute atomic E-state index is 0.0269. The summed E-state index contributed by atoms with van der Waals surface area (Å²) in [6, 6.07) is 15.1. The van der Waals surface area contributed by atoms with Crippen molar-refractivity contribution in [2.24, 2.45) is 0 Å². The fourth-order valence-corrected chi connectivity index (χ4v) is 6.07. The van der Waals surface area contributed by atoms with Crippen molar-refractivity contribution in [2.45, 2.75) is 38.8 Å². The molecular weight excluding hydrogens is 598 g/mol. The molecule has 0 spiro atoms. The van der Waals surface area contributed by atoms with Gasteiger partial charge in [0.15, 0.2) is 5.82 Å². The molecule has 3 fully saturated rings. The minimum atomic E-state index is -0.377. The van der Waals surface area contributed by atoms with Crippen LogP contribution in [-0.4, -0.2) is 122 Å².